The van der Waals surface area contributed by atoms with E-state index in [1.165, 1.54) is 0 Å². The van der Waals surface area contributed by atoms with Crippen molar-refractivity contribution in [3.05, 3.63) is 58.4 Å². The highest BCUT2D eigenvalue weighted by Gasteiger charge is 2.37. The van der Waals surface area contributed by atoms with Crippen molar-refractivity contribution < 1.29 is 5.11 Å². The van der Waals surface area contributed by atoms with E-state index in [9.17, 15) is 9.90 Å². The quantitative estimate of drug-likeness (QED) is 0.727. The molecule has 3 aromatic rings. The number of hydrogen-bond acceptors (Lipinski definition) is 5. The molecule has 4 rings (SSSR count). The largest absolute Gasteiger partial charge is 0.384 e. The molecule has 3 aromatic heterocycles. The summed E-state index contributed by atoms with van der Waals surface area (Å²) in [4.78, 5) is 26.1. The van der Waals surface area contributed by atoms with Crippen LogP contribution >= 0.6 is 0 Å². The molecule has 1 N–H and O–H groups in total. The molecule has 0 amide bonds. The van der Waals surface area contributed by atoms with Crippen LogP contribution in [0.2, 0.25) is 0 Å². The summed E-state index contributed by atoms with van der Waals surface area (Å²) in [5, 5.41) is 11.3. The maximum Gasteiger partial charge on any atom is 0.278 e. The fraction of sp³-hybridized carbons (Fsp3) is 0.368. The summed E-state index contributed by atoms with van der Waals surface area (Å²) in [6.45, 7) is 7.81. The fourth-order valence-corrected chi connectivity index (χ4v) is 3.64. The van der Waals surface area contributed by atoms with Crippen molar-refractivity contribution in [2.24, 2.45) is 0 Å². The van der Waals surface area contributed by atoms with Gasteiger partial charge in [-0.15, -0.1) is 6.58 Å². The number of allylic oxidation sites excluding steroid dienone is 1. The lowest BCUT2D eigenvalue weighted by molar-refractivity contribution is 0.0306. The van der Waals surface area contributed by atoms with Gasteiger partial charge >= 0.3 is 0 Å². The van der Waals surface area contributed by atoms with Crippen LogP contribution in [0, 0.1) is 6.92 Å². The average molecular weight is 351 g/mol. The van der Waals surface area contributed by atoms with Gasteiger partial charge in [0.15, 0.2) is 11.5 Å². The van der Waals surface area contributed by atoms with Crippen LogP contribution in [0.3, 0.4) is 0 Å². The van der Waals surface area contributed by atoms with Crippen LogP contribution in [0.25, 0.3) is 16.9 Å². The van der Waals surface area contributed by atoms with Crippen LogP contribution in [-0.2, 0) is 18.6 Å². The van der Waals surface area contributed by atoms with E-state index in [-0.39, 0.29) is 5.56 Å². The number of fused-ring (bicyclic) bond motifs is 2. The molecule has 0 saturated carbocycles. The van der Waals surface area contributed by atoms with Crippen LogP contribution in [0.4, 0.5) is 0 Å². The monoisotopic (exact) mass is 351 g/mol. The Kier molecular flexibility index (Phi) is 3.77. The van der Waals surface area contributed by atoms with E-state index in [1.807, 2.05) is 19.1 Å². The molecule has 0 saturated heterocycles. The molecule has 0 fully saturated rings. The summed E-state index contributed by atoms with van der Waals surface area (Å²) >= 11 is 0. The van der Waals surface area contributed by atoms with Crippen LogP contribution in [0.5, 0.6) is 0 Å². The number of pyridine rings is 1. The van der Waals surface area contributed by atoms with Crippen molar-refractivity contribution in [2.75, 3.05) is 0 Å². The fourth-order valence-electron chi connectivity index (χ4n) is 3.64. The molecule has 134 valence electrons. The normalized spacial score (nSPS) is 19.0. The van der Waals surface area contributed by atoms with Gasteiger partial charge in [-0.05, 0) is 37.8 Å². The number of nitrogens with zero attached hydrogens (tertiary/aromatic N) is 5. The van der Waals surface area contributed by atoms with E-state index in [1.54, 1.807) is 28.6 Å². The smallest absolute Gasteiger partial charge is 0.278 e. The Balaban J connectivity index is 2.02. The first-order valence-corrected chi connectivity index (χ1v) is 8.77. The standard InChI is InChI=1S/C19H21N5O2/c1-4-10-23-18(25)14-11-20-12(3)21-17(14)24(23)15-7-6-13-8-9-19(26,5-2)16(13)22-15/h4,6-7,11,26H,1,5,8-10H2,2-3H3. The predicted molar refractivity (Wildman–Crippen MR) is 98.4 cm³/mol. The summed E-state index contributed by atoms with van der Waals surface area (Å²) < 4.78 is 3.24. The van der Waals surface area contributed by atoms with E-state index in [0.717, 1.165) is 12.0 Å². The average Bonchev–Trinajstić information content (AvgIpc) is 3.11. The first-order valence-electron chi connectivity index (χ1n) is 8.77. The Hall–Kier alpha value is -2.80. The second kappa shape index (κ2) is 5.88. The third-order valence-corrected chi connectivity index (χ3v) is 5.11. The molecule has 0 bridgehead atoms. The second-order valence-electron chi connectivity index (χ2n) is 6.70. The summed E-state index contributed by atoms with van der Waals surface area (Å²) in [5.41, 5.74) is 1.16. The van der Waals surface area contributed by atoms with E-state index < -0.39 is 5.60 Å². The number of aryl methyl sites for hydroxylation is 2. The third kappa shape index (κ3) is 2.31. The maximum atomic E-state index is 12.8. The molecule has 0 aliphatic heterocycles. The summed E-state index contributed by atoms with van der Waals surface area (Å²) in [6.07, 6.45) is 5.28. The molecule has 7 heteroatoms. The van der Waals surface area contributed by atoms with E-state index in [4.69, 9.17) is 4.98 Å². The minimum Gasteiger partial charge on any atom is -0.384 e. The van der Waals surface area contributed by atoms with Gasteiger partial charge in [0.1, 0.15) is 16.8 Å². The highest BCUT2D eigenvalue weighted by Crippen LogP contribution is 2.38. The van der Waals surface area contributed by atoms with Crippen LogP contribution in [0.1, 0.15) is 36.8 Å². The number of aliphatic hydroxyl groups is 1. The number of aromatic nitrogens is 5. The van der Waals surface area contributed by atoms with E-state index >= 15 is 0 Å². The molecular formula is C19H21N5O2. The topological polar surface area (TPSA) is 85.8 Å². The van der Waals surface area contributed by atoms with Gasteiger partial charge in [-0.3, -0.25) is 4.79 Å². The van der Waals surface area contributed by atoms with Crippen molar-refractivity contribution in [3.8, 4) is 5.82 Å². The van der Waals surface area contributed by atoms with Gasteiger partial charge in [0.25, 0.3) is 5.56 Å². The van der Waals surface area contributed by atoms with Gasteiger partial charge in [-0.25, -0.2) is 24.3 Å². The number of hydrogen-bond donors (Lipinski definition) is 1. The highest BCUT2D eigenvalue weighted by molar-refractivity contribution is 5.75. The van der Waals surface area contributed by atoms with Gasteiger partial charge in [-0.1, -0.05) is 19.1 Å². The molecular weight excluding hydrogens is 330 g/mol. The zero-order valence-corrected chi connectivity index (χ0v) is 14.9. The van der Waals surface area contributed by atoms with Crippen LogP contribution < -0.4 is 5.56 Å². The first kappa shape index (κ1) is 16.7. The number of rotatable bonds is 4. The van der Waals surface area contributed by atoms with Crippen LogP contribution in [0.15, 0.2) is 35.8 Å². The molecule has 0 aromatic carbocycles. The minimum absolute atomic E-state index is 0.187. The van der Waals surface area contributed by atoms with E-state index in [2.05, 4.69) is 16.5 Å². The Morgan fingerprint density at radius 3 is 2.92 bits per heavy atom. The first-order chi connectivity index (χ1) is 12.5. The molecule has 0 radical (unpaired) electrons. The lowest BCUT2D eigenvalue weighted by Gasteiger charge is -2.21. The SMILES string of the molecule is C=CCn1c(=O)c2cnc(C)nc2n1-c1ccc2c(n1)C(O)(CC)CC2. The van der Waals surface area contributed by atoms with Gasteiger partial charge in [-0.2, -0.15) is 0 Å². The summed E-state index contributed by atoms with van der Waals surface area (Å²) in [6, 6.07) is 3.85. The summed E-state index contributed by atoms with van der Waals surface area (Å²) in [5.74, 6) is 1.14. The Morgan fingerprint density at radius 2 is 2.19 bits per heavy atom. The lowest BCUT2D eigenvalue weighted by Crippen LogP contribution is -2.25. The molecule has 26 heavy (non-hydrogen) atoms. The van der Waals surface area contributed by atoms with Crippen LogP contribution in [-0.4, -0.2) is 29.4 Å². The second-order valence-corrected chi connectivity index (χ2v) is 6.70. The van der Waals surface area contributed by atoms with Gasteiger partial charge < -0.3 is 5.11 Å². The Bertz CT molecular complexity index is 1080. The van der Waals surface area contributed by atoms with Crippen molar-refractivity contribution in [1.82, 2.24) is 24.3 Å². The summed E-state index contributed by atoms with van der Waals surface area (Å²) in [7, 11) is 0. The minimum atomic E-state index is -0.914. The molecule has 1 atom stereocenters. The third-order valence-electron chi connectivity index (χ3n) is 5.11. The molecule has 1 unspecified atom stereocenters. The predicted octanol–water partition coefficient (Wildman–Crippen LogP) is 2.02. The zero-order chi connectivity index (χ0) is 18.5. The molecule has 0 spiro atoms. The molecule has 1 aliphatic rings. The highest BCUT2D eigenvalue weighted by atomic mass is 16.3. The maximum absolute atomic E-state index is 12.8. The van der Waals surface area contributed by atoms with E-state index in [0.29, 0.717) is 47.8 Å². The molecule has 1 aliphatic carbocycles. The van der Waals surface area contributed by atoms with Gasteiger partial charge in [0.05, 0.1) is 12.2 Å². The zero-order valence-electron chi connectivity index (χ0n) is 14.9. The lowest BCUT2D eigenvalue weighted by atomic mass is 9.98. The van der Waals surface area contributed by atoms with Crippen molar-refractivity contribution in [3.63, 3.8) is 0 Å². The molecule has 3 heterocycles. The van der Waals surface area contributed by atoms with Crippen molar-refractivity contribution in [1.29, 1.82) is 0 Å². The Morgan fingerprint density at radius 1 is 1.38 bits per heavy atom. The van der Waals surface area contributed by atoms with Gasteiger partial charge in [0.2, 0.25) is 0 Å². The van der Waals surface area contributed by atoms with Gasteiger partial charge in [0, 0.05) is 6.20 Å². The Labute approximate surface area is 150 Å². The van der Waals surface area contributed by atoms with Crippen molar-refractivity contribution in [2.45, 2.75) is 45.3 Å². The van der Waals surface area contributed by atoms with Crippen molar-refractivity contribution >= 4 is 11.0 Å². The molecule has 7 nitrogen and oxygen atoms in total.